The first-order chi connectivity index (χ1) is 16.6. The fraction of sp³-hybridized carbons (Fsp3) is 0.240. The van der Waals surface area contributed by atoms with Crippen molar-refractivity contribution in [2.75, 3.05) is 35.2 Å². The number of aryl methyl sites for hydroxylation is 1. The highest BCUT2D eigenvalue weighted by Crippen LogP contribution is 2.23. The van der Waals surface area contributed by atoms with E-state index in [2.05, 4.69) is 77.0 Å². The number of benzene rings is 1. The lowest BCUT2D eigenvalue weighted by Gasteiger charge is -2.36. The molecule has 0 amide bonds. The van der Waals surface area contributed by atoms with Crippen LogP contribution >= 0.6 is 0 Å². The molecule has 5 rings (SSSR count). The molecule has 4 aromatic rings. The Morgan fingerprint density at radius 2 is 1.68 bits per heavy atom. The van der Waals surface area contributed by atoms with Crippen molar-refractivity contribution in [1.82, 2.24) is 30.2 Å². The third-order valence-electron chi connectivity index (χ3n) is 5.64. The van der Waals surface area contributed by atoms with Crippen LogP contribution in [0.3, 0.4) is 0 Å². The van der Waals surface area contributed by atoms with Gasteiger partial charge in [0.25, 0.3) is 0 Å². The monoisotopic (exact) mass is 453 g/mol. The maximum atomic E-state index is 4.58. The van der Waals surface area contributed by atoms with Gasteiger partial charge in [-0.25, -0.2) is 19.9 Å². The van der Waals surface area contributed by atoms with Crippen LogP contribution in [0.2, 0.25) is 0 Å². The minimum absolute atomic E-state index is 0.475. The second kappa shape index (κ2) is 9.80. The Morgan fingerprint density at radius 3 is 2.47 bits per heavy atom. The normalized spacial score (nSPS) is 15.7. The molecule has 3 N–H and O–H groups in total. The molecule has 3 aromatic heterocycles. The van der Waals surface area contributed by atoms with E-state index in [1.54, 1.807) is 24.5 Å². The second-order valence-corrected chi connectivity index (χ2v) is 8.24. The number of aromatic nitrogens is 5. The Labute approximate surface area is 198 Å². The lowest BCUT2D eigenvalue weighted by atomic mass is 10.1. The molecule has 4 heterocycles. The van der Waals surface area contributed by atoms with Crippen LogP contribution in [0.4, 0.5) is 29.0 Å². The first-order valence-corrected chi connectivity index (χ1v) is 11.4. The van der Waals surface area contributed by atoms with Crippen LogP contribution in [0.15, 0.2) is 67.0 Å². The molecule has 1 atom stereocenters. The average Bonchev–Trinajstić information content (AvgIpc) is 2.85. The maximum absolute atomic E-state index is 4.58. The molecule has 0 bridgehead atoms. The van der Waals surface area contributed by atoms with Gasteiger partial charge >= 0.3 is 0 Å². The van der Waals surface area contributed by atoms with Gasteiger partial charge in [0.1, 0.15) is 17.3 Å². The van der Waals surface area contributed by atoms with E-state index in [4.69, 9.17) is 0 Å². The third kappa shape index (κ3) is 5.10. The minimum atomic E-state index is 0.475. The summed E-state index contributed by atoms with van der Waals surface area (Å²) in [5.41, 5.74) is 3.80. The van der Waals surface area contributed by atoms with Gasteiger partial charge in [-0.15, -0.1) is 0 Å². The van der Waals surface area contributed by atoms with Crippen molar-refractivity contribution in [1.29, 1.82) is 0 Å². The van der Waals surface area contributed by atoms with E-state index in [1.807, 2.05) is 25.1 Å². The van der Waals surface area contributed by atoms with E-state index in [9.17, 15) is 0 Å². The zero-order valence-corrected chi connectivity index (χ0v) is 19.2. The minimum Gasteiger partial charge on any atom is -0.366 e. The van der Waals surface area contributed by atoms with E-state index in [0.29, 0.717) is 29.5 Å². The Morgan fingerprint density at radius 1 is 0.882 bits per heavy atom. The van der Waals surface area contributed by atoms with E-state index in [1.165, 1.54) is 5.69 Å². The molecule has 9 nitrogen and oxygen atoms in total. The van der Waals surface area contributed by atoms with Crippen LogP contribution in [-0.2, 0) is 0 Å². The molecule has 34 heavy (non-hydrogen) atoms. The van der Waals surface area contributed by atoms with Crippen LogP contribution in [0.25, 0.3) is 11.5 Å². The van der Waals surface area contributed by atoms with Gasteiger partial charge in [0.15, 0.2) is 5.82 Å². The van der Waals surface area contributed by atoms with Crippen LogP contribution in [0.1, 0.15) is 12.6 Å². The van der Waals surface area contributed by atoms with E-state index >= 15 is 0 Å². The highest BCUT2D eigenvalue weighted by Gasteiger charge is 2.18. The Hall–Kier alpha value is -4.11. The first kappa shape index (κ1) is 21.7. The summed E-state index contributed by atoms with van der Waals surface area (Å²) in [7, 11) is 0. The van der Waals surface area contributed by atoms with Gasteiger partial charge in [-0.2, -0.15) is 4.98 Å². The van der Waals surface area contributed by atoms with Crippen molar-refractivity contribution in [2.45, 2.75) is 19.9 Å². The molecule has 0 spiro atoms. The van der Waals surface area contributed by atoms with Gasteiger partial charge in [0.05, 0.1) is 0 Å². The SMILES string of the molecule is Cc1cccc(-c2nccc(Nc3ccnc(Nc4ccc(N5CCNCC5C)cc4)n3)n2)n1. The smallest absolute Gasteiger partial charge is 0.229 e. The predicted molar refractivity (Wildman–Crippen MR) is 135 cm³/mol. The van der Waals surface area contributed by atoms with Crippen LogP contribution in [0.5, 0.6) is 0 Å². The van der Waals surface area contributed by atoms with E-state index in [-0.39, 0.29) is 0 Å². The lowest BCUT2D eigenvalue weighted by molar-refractivity contribution is 0.501. The van der Waals surface area contributed by atoms with Crippen molar-refractivity contribution in [3.63, 3.8) is 0 Å². The molecular formula is C25H27N9. The number of nitrogens with zero attached hydrogens (tertiary/aromatic N) is 6. The van der Waals surface area contributed by atoms with E-state index in [0.717, 1.165) is 36.7 Å². The summed E-state index contributed by atoms with van der Waals surface area (Å²) in [6, 6.07) is 18.2. The molecule has 1 aliphatic heterocycles. The summed E-state index contributed by atoms with van der Waals surface area (Å²) in [4.78, 5) is 24.8. The number of nitrogens with one attached hydrogen (secondary N) is 3. The number of pyridine rings is 1. The predicted octanol–water partition coefficient (Wildman–Crippen LogP) is 3.92. The van der Waals surface area contributed by atoms with Crippen molar-refractivity contribution >= 4 is 29.0 Å². The first-order valence-electron chi connectivity index (χ1n) is 11.4. The molecule has 0 radical (unpaired) electrons. The van der Waals surface area contributed by atoms with Gasteiger partial charge in [0, 0.05) is 55.1 Å². The average molecular weight is 454 g/mol. The summed E-state index contributed by atoms with van der Waals surface area (Å²) in [5, 5.41) is 9.94. The van der Waals surface area contributed by atoms with Gasteiger partial charge < -0.3 is 20.9 Å². The van der Waals surface area contributed by atoms with Crippen LogP contribution in [-0.4, -0.2) is 50.6 Å². The number of hydrogen-bond acceptors (Lipinski definition) is 9. The molecule has 0 aliphatic carbocycles. The highest BCUT2D eigenvalue weighted by atomic mass is 15.2. The second-order valence-electron chi connectivity index (χ2n) is 8.24. The van der Waals surface area contributed by atoms with Crippen molar-refractivity contribution in [2.24, 2.45) is 0 Å². The summed E-state index contributed by atoms with van der Waals surface area (Å²) in [6.07, 6.45) is 3.41. The van der Waals surface area contributed by atoms with Crippen molar-refractivity contribution in [3.05, 3.63) is 72.7 Å². The molecule has 1 fully saturated rings. The summed E-state index contributed by atoms with van der Waals surface area (Å²) in [5.74, 6) is 2.32. The third-order valence-corrected chi connectivity index (χ3v) is 5.64. The fourth-order valence-corrected chi connectivity index (χ4v) is 3.93. The van der Waals surface area contributed by atoms with Gasteiger partial charge in [0.2, 0.25) is 5.95 Å². The van der Waals surface area contributed by atoms with Gasteiger partial charge in [-0.05, 0) is 62.4 Å². The Bertz CT molecular complexity index is 1260. The number of piperazine rings is 1. The number of hydrogen-bond donors (Lipinski definition) is 3. The molecule has 1 unspecified atom stereocenters. The fourth-order valence-electron chi connectivity index (χ4n) is 3.93. The molecule has 1 saturated heterocycles. The quantitative estimate of drug-likeness (QED) is 0.401. The standard InChI is InChI=1S/C25H27N9/c1-17-4-3-5-21(29-17)24-27-12-10-22(32-24)31-23-11-13-28-25(33-23)30-19-6-8-20(9-7-19)34-15-14-26-16-18(34)2/h3-13,18,26H,14-16H2,1-2H3,(H2,27,28,30,31,32,33). The highest BCUT2D eigenvalue weighted by molar-refractivity contribution is 5.62. The van der Waals surface area contributed by atoms with Gasteiger partial charge in [-0.3, -0.25) is 0 Å². The molecule has 9 heteroatoms. The Balaban J connectivity index is 1.27. The van der Waals surface area contributed by atoms with Crippen molar-refractivity contribution < 1.29 is 0 Å². The largest absolute Gasteiger partial charge is 0.366 e. The number of anilines is 5. The molecule has 1 aromatic carbocycles. The molecule has 0 saturated carbocycles. The topological polar surface area (TPSA) is 104 Å². The summed E-state index contributed by atoms with van der Waals surface area (Å²) >= 11 is 0. The zero-order valence-electron chi connectivity index (χ0n) is 19.2. The number of rotatable bonds is 6. The molecule has 1 aliphatic rings. The van der Waals surface area contributed by atoms with Gasteiger partial charge in [-0.1, -0.05) is 6.07 Å². The molecule has 172 valence electrons. The van der Waals surface area contributed by atoms with Crippen LogP contribution in [0, 0.1) is 6.92 Å². The van der Waals surface area contributed by atoms with Crippen LogP contribution < -0.4 is 20.9 Å². The summed E-state index contributed by atoms with van der Waals surface area (Å²) < 4.78 is 0. The molecular weight excluding hydrogens is 426 g/mol. The summed E-state index contributed by atoms with van der Waals surface area (Å²) in [6.45, 7) is 7.20. The van der Waals surface area contributed by atoms with E-state index < -0.39 is 0 Å². The maximum Gasteiger partial charge on any atom is 0.229 e. The van der Waals surface area contributed by atoms with Crippen molar-refractivity contribution in [3.8, 4) is 11.5 Å². The Kier molecular flexibility index (Phi) is 6.26. The lowest BCUT2D eigenvalue weighted by Crippen LogP contribution is -2.49. The zero-order chi connectivity index (χ0) is 23.3.